The van der Waals surface area contributed by atoms with E-state index in [-0.39, 0.29) is 36.5 Å². The van der Waals surface area contributed by atoms with Crippen LogP contribution in [0, 0.1) is 0 Å². The van der Waals surface area contributed by atoms with Crippen molar-refractivity contribution in [2.75, 3.05) is 6.61 Å². The predicted molar refractivity (Wildman–Crippen MR) is 57.5 cm³/mol. The summed E-state index contributed by atoms with van der Waals surface area (Å²) in [7, 11) is 0. The van der Waals surface area contributed by atoms with Crippen LogP contribution in [0.25, 0.3) is 0 Å². The Balaban J connectivity index is 0.00000169. The molecule has 84 valence electrons. The number of nitrogens with one attached hydrogen (secondary N) is 1. The van der Waals surface area contributed by atoms with Crippen LogP contribution in [0.15, 0.2) is 0 Å². The van der Waals surface area contributed by atoms with Crippen molar-refractivity contribution in [1.29, 1.82) is 0 Å². The van der Waals surface area contributed by atoms with Crippen LogP contribution in [-0.2, 0) is 9.53 Å². The minimum Gasteiger partial charge on any atom is -0.374 e. The number of halogens is 1. The van der Waals surface area contributed by atoms with Gasteiger partial charge in [-0.15, -0.1) is 12.4 Å². The fraction of sp³-hybridized carbons (Fsp3) is 0.889. The summed E-state index contributed by atoms with van der Waals surface area (Å²) in [4.78, 5) is 10.8. The molecule has 0 aromatic rings. The van der Waals surface area contributed by atoms with E-state index in [4.69, 9.17) is 10.5 Å². The maximum atomic E-state index is 10.8. The van der Waals surface area contributed by atoms with E-state index >= 15 is 0 Å². The Hall–Kier alpha value is -0.320. The van der Waals surface area contributed by atoms with Gasteiger partial charge in [0.1, 0.15) is 0 Å². The summed E-state index contributed by atoms with van der Waals surface area (Å²) in [5.41, 5.74) is 5.69. The highest BCUT2D eigenvalue weighted by molar-refractivity contribution is 5.85. The number of carbonyl (C=O) groups excluding carboxylic acids is 1. The summed E-state index contributed by atoms with van der Waals surface area (Å²) in [6.45, 7) is 4.09. The second-order valence-electron chi connectivity index (χ2n) is 3.70. The first-order chi connectivity index (χ1) is 6.09. The molecule has 0 aromatic carbocycles. The number of hydrogen-bond acceptors (Lipinski definition) is 3. The number of amides is 1. The fourth-order valence-electron chi connectivity index (χ4n) is 1.60. The van der Waals surface area contributed by atoms with Gasteiger partial charge in [-0.25, -0.2) is 0 Å². The highest BCUT2D eigenvalue weighted by Crippen LogP contribution is 2.15. The monoisotopic (exact) mass is 222 g/mol. The van der Waals surface area contributed by atoms with Crippen LogP contribution < -0.4 is 11.1 Å². The lowest BCUT2D eigenvalue weighted by Crippen LogP contribution is -2.46. The Morgan fingerprint density at radius 3 is 2.64 bits per heavy atom. The molecule has 14 heavy (non-hydrogen) atoms. The minimum absolute atomic E-state index is 0. The number of ether oxygens (including phenoxy) is 1. The zero-order valence-electron chi connectivity index (χ0n) is 8.66. The van der Waals surface area contributed by atoms with Crippen molar-refractivity contribution in [3.8, 4) is 0 Å². The zero-order valence-corrected chi connectivity index (χ0v) is 9.47. The Morgan fingerprint density at radius 1 is 1.57 bits per heavy atom. The van der Waals surface area contributed by atoms with Gasteiger partial charge in [0.15, 0.2) is 0 Å². The van der Waals surface area contributed by atoms with Gasteiger partial charge in [0.25, 0.3) is 0 Å². The summed E-state index contributed by atoms with van der Waals surface area (Å²) < 4.78 is 5.51. The highest BCUT2D eigenvalue weighted by Gasteiger charge is 2.24. The van der Waals surface area contributed by atoms with E-state index in [2.05, 4.69) is 5.32 Å². The van der Waals surface area contributed by atoms with Gasteiger partial charge >= 0.3 is 0 Å². The van der Waals surface area contributed by atoms with Crippen molar-refractivity contribution >= 4 is 18.3 Å². The second kappa shape index (κ2) is 6.22. The fourth-order valence-corrected chi connectivity index (χ4v) is 1.60. The van der Waals surface area contributed by atoms with Crippen LogP contribution in [0.5, 0.6) is 0 Å². The van der Waals surface area contributed by atoms with Crippen LogP contribution in [-0.4, -0.2) is 30.7 Å². The molecule has 1 aliphatic rings. The van der Waals surface area contributed by atoms with Gasteiger partial charge in [0.2, 0.25) is 5.91 Å². The van der Waals surface area contributed by atoms with Gasteiger partial charge in [-0.05, 0) is 19.8 Å². The second-order valence-corrected chi connectivity index (χ2v) is 3.70. The molecule has 0 radical (unpaired) electrons. The third kappa shape index (κ3) is 4.26. The molecule has 0 saturated carbocycles. The zero-order chi connectivity index (χ0) is 9.84. The van der Waals surface area contributed by atoms with Crippen molar-refractivity contribution in [2.45, 2.75) is 44.9 Å². The lowest BCUT2D eigenvalue weighted by Gasteiger charge is -2.31. The quantitative estimate of drug-likeness (QED) is 0.713. The summed E-state index contributed by atoms with van der Waals surface area (Å²) in [6, 6.07) is 0.255. The molecule has 0 spiro atoms. The van der Waals surface area contributed by atoms with Crippen LogP contribution in [0.2, 0.25) is 0 Å². The molecule has 1 heterocycles. The Kier molecular flexibility index (Phi) is 6.08. The molecular weight excluding hydrogens is 204 g/mol. The maximum Gasteiger partial charge on any atom is 0.217 e. The van der Waals surface area contributed by atoms with Crippen molar-refractivity contribution in [1.82, 2.24) is 5.32 Å². The molecule has 1 amide bonds. The standard InChI is InChI=1S/C9H18N2O2.ClH/c1-6(11-7(2)12)9-4-3-8(10)5-13-9;/h6,8-9H,3-5,10H2,1-2H3,(H,11,12);1H/t6?,8-,9+;/m1./s1. The summed E-state index contributed by atoms with van der Waals surface area (Å²) in [5, 5.41) is 2.82. The molecule has 1 rings (SSSR count). The summed E-state index contributed by atoms with van der Waals surface area (Å²) in [5.74, 6) is -0.00836. The van der Waals surface area contributed by atoms with Gasteiger partial charge in [-0.3, -0.25) is 4.79 Å². The third-order valence-electron chi connectivity index (χ3n) is 2.33. The lowest BCUT2D eigenvalue weighted by molar-refractivity contribution is -0.121. The van der Waals surface area contributed by atoms with Gasteiger partial charge in [-0.1, -0.05) is 0 Å². The number of rotatable bonds is 2. The molecule has 1 unspecified atom stereocenters. The highest BCUT2D eigenvalue weighted by atomic mass is 35.5. The Bertz CT molecular complexity index is 182. The molecule has 0 aliphatic carbocycles. The molecular formula is C9H19ClN2O2. The van der Waals surface area contributed by atoms with Crippen LogP contribution in [0.4, 0.5) is 0 Å². The van der Waals surface area contributed by atoms with Crippen molar-refractivity contribution in [3.05, 3.63) is 0 Å². The number of nitrogens with two attached hydrogens (primary N) is 1. The van der Waals surface area contributed by atoms with Crippen molar-refractivity contribution in [3.63, 3.8) is 0 Å². The predicted octanol–water partition coefficient (Wildman–Crippen LogP) is 0.439. The van der Waals surface area contributed by atoms with E-state index in [0.29, 0.717) is 6.61 Å². The average molecular weight is 223 g/mol. The van der Waals surface area contributed by atoms with E-state index in [1.807, 2.05) is 6.92 Å². The van der Waals surface area contributed by atoms with E-state index in [0.717, 1.165) is 12.8 Å². The smallest absolute Gasteiger partial charge is 0.217 e. The van der Waals surface area contributed by atoms with Gasteiger partial charge in [0, 0.05) is 13.0 Å². The van der Waals surface area contributed by atoms with Crippen molar-refractivity contribution < 1.29 is 9.53 Å². The van der Waals surface area contributed by atoms with E-state index in [1.54, 1.807) is 0 Å². The topological polar surface area (TPSA) is 64.4 Å². The first-order valence-corrected chi connectivity index (χ1v) is 4.74. The largest absolute Gasteiger partial charge is 0.374 e. The van der Waals surface area contributed by atoms with Crippen LogP contribution >= 0.6 is 12.4 Å². The normalized spacial score (nSPS) is 28.8. The molecule has 3 atom stereocenters. The molecule has 1 fully saturated rings. The number of carbonyl (C=O) groups is 1. The van der Waals surface area contributed by atoms with Crippen molar-refractivity contribution in [2.24, 2.45) is 5.73 Å². The van der Waals surface area contributed by atoms with E-state index < -0.39 is 0 Å². The number of hydrogen-bond donors (Lipinski definition) is 2. The summed E-state index contributed by atoms with van der Waals surface area (Å²) >= 11 is 0. The Morgan fingerprint density at radius 2 is 2.21 bits per heavy atom. The van der Waals surface area contributed by atoms with Gasteiger partial charge in [-0.2, -0.15) is 0 Å². The molecule has 4 nitrogen and oxygen atoms in total. The summed E-state index contributed by atoms with van der Waals surface area (Å²) in [6.07, 6.45) is 2.04. The lowest BCUT2D eigenvalue weighted by atomic mass is 10.0. The Labute approximate surface area is 91.0 Å². The van der Waals surface area contributed by atoms with Gasteiger partial charge < -0.3 is 15.8 Å². The SMILES string of the molecule is CC(=O)NC(C)[C@@H]1CC[C@@H](N)CO1.Cl. The van der Waals surface area contributed by atoms with Crippen LogP contribution in [0.3, 0.4) is 0 Å². The molecule has 3 N–H and O–H groups in total. The first-order valence-electron chi connectivity index (χ1n) is 4.74. The average Bonchev–Trinajstić information content (AvgIpc) is 2.04. The molecule has 0 aromatic heterocycles. The molecule has 1 aliphatic heterocycles. The van der Waals surface area contributed by atoms with Gasteiger partial charge in [0.05, 0.1) is 18.8 Å². The molecule has 5 heteroatoms. The minimum atomic E-state index is -0.00836. The van der Waals surface area contributed by atoms with E-state index in [9.17, 15) is 4.79 Å². The van der Waals surface area contributed by atoms with Crippen LogP contribution in [0.1, 0.15) is 26.7 Å². The third-order valence-corrected chi connectivity index (χ3v) is 2.33. The first kappa shape index (κ1) is 13.7. The molecule has 1 saturated heterocycles. The molecule has 0 bridgehead atoms. The maximum absolute atomic E-state index is 10.8. The van der Waals surface area contributed by atoms with E-state index in [1.165, 1.54) is 6.92 Å².